The van der Waals surface area contributed by atoms with Gasteiger partial charge < -0.3 is 0 Å². The summed E-state index contributed by atoms with van der Waals surface area (Å²) in [5.41, 5.74) is 2.54. The fourth-order valence-electron chi connectivity index (χ4n) is 1.31. The molecule has 0 saturated carbocycles. The summed E-state index contributed by atoms with van der Waals surface area (Å²) in [6.07, 6.45) is 0.954. The van der Waals surface area contributed by atoms with E-state index in [0.29, 0.717) is 0 Å². The molecule has 0 heteroatoms. The lowest BCUT2D eigenvalue weighted by Gasteiger charge is -1.99. The van der Waals surface area contributed by atoms with Crippen molar-refractivity contribution in [1.82, 2.24) is 0 Å². The monoisotopic (exact) mass is 166 g/mol. The zero-order valence-corrected chi connectivity index (χ0v) is 7.33. The van der Waals surface area contributed by atoms with Gasteiger partial charge in [0, 0.05) is 0 Å². The second-order valence-electron chi connectivity index (χ2n) is 2.98. The fourth-order valence-corrected chi connectivity index (χ4v) is 1.31. The number of hydrogen-bond acceptors (Lipinski definition) is 0. The Morgan fingerprint density at radius 3 is 2.54 bits per heavy atom. The van der Waals surface area contributed by atoms with E-state index in [9.17, 15) is 0 Å². The van der Waals surface area contributed by atoms with E-state index >= 15 is 0 Å². The minimum Gasteiger partial charge on any atom is -0.0622 e. The van der Waals surface area contributed by atoms with E-state index < -0.39 is 0 Å². The van der Waals surface area contributed by atoms with Crippen LogP contribution >= 0.6 is 0 Å². The van der Waals surface area contributed by atoms with E-state index in [0.717, 1.165) is 6.42 Å². The van der Waals surface area contributed by atoms with Crippen LogP contribution in [0.3, 0.4) is 0 Å². The molecule has 2 aromatic carbocycles. The van der Waals surface area contributed by atoms with Crippen molar-refractivity contribution >= 4 is 0 Å². The summed E-state index contributed by atoms with van der Waals surface area (Å²) in [5, 5.41) is 0. The van der Waals surface area contributed by atoms with Gasteiger partial charge in [0.15, 0.2) is 0 Å². The fraction of sp³-hybridized carbons (Fsp3) is 0.0769. The molecule has 0 amide bonds. The minimum atomic E-state index is 0.954. The molecule has 0 aliphatic rings. The van der Waals surface area contributed by atoms with Gasteiger partial charge in [-0.3, -0.25) is 0 Å². The van der Waals surface area contributed by atoms with Gasteiger partial charge in [0.05, 0.1) is 0 Å². The van der Waals surface area contributed by atoms with Crippen LogP contribution in [0.1, 0.15) is 11.1 Å². The number of rotatable bonds is 2. The van der Waals surface area contributed by atoms with Gasteiger partial charge in [0.2, 0.25) is 0 Å². The van der Waals surface area contributed by atoms with Crippen molar-refractivity contribution in [3.8, 4) is 0 Å². The maximum atomic E-state index is 3.16. The molecule has 0 saturated heterocycles. The topological polar surface area (TPSA) is 0 Å². The number of hydrogen-bond donors (Lipinski definition) is 0. The Morgan fingerprint density at radius 1 is 1.00 bits per heavy atom. The first-order chi connectivity index (χ1) is 6.45. The van der Waals surface area contributed by atoms with Crippen LogP contribution in [0.15, 0.2) is 48.5 Å². The molecule has 13 heavy (non-hydrogen) atoms. The van der Waals surface area contributed by atoms with Crippen LogP contribution in [0.2, 0.25) is 0 Å². The second kappa shape index (κ2) is 3.90. The summed E-state index contributed by atoms with van der Waals surface area (Å²) in [6, 6.07) is 22.3. The molecule has 0 aliphatic carbocycles. The maximum absolute atomic E-state index is 3.16. The highest BCUT2D eigenvalue weighted by atomic mass is 14.0. The molecule has 0 heterocycles. The van der Waals surface area contributed by atoms with Crippen molar-refractivity contribution in [2.45, 2.75) is 6.42 Å². The highest BCUT2D eigenvalue weighted by Gasteiger charge is 1.93. The van der Waals surface area contributed by atoms with Gasteiger partial charge in [-0.1, -0.05) is 42.5 Å². The van der Waals surface area contributed by atoms with Gasteiger partial charge in [0.1, 0.15) is 0 Å². The van der Waals surface area contributed by atoms with E-state index in [4.69, 9.17) is 0 Å². The Bertz CT molecular complexity index is 311. The number of benzene rings is 2. The largest absolute Gasteiger partial charge is 0.0622 e. The SMILES string of the molecule is [c]1c[c]c(Cc2ccccc2)cc1. The second-order valence-corrected chi connectivity index (χ2v) is 2.98. The Labute approximate surface area is 78.9 Å². The third kappa shape index (κ3) is 2.19. The normalized spacial score (nSPS) is 9.85. The first kappa shape index (κ1) is 8.06. The van der Waals surface area contributed by atoms with Gasteiger partial charge in [-0.15, -0.1) is 0 Å². The molecular weight excluding hydrogens is 156 g/mol. The summed E-state index contributed by atoms with van der Waals surface area (Å²) in [4.78, 5) is 0. The van der Waals surface area contributed by atoms with Crippen molar-refractivity contribution in [2.24, 2.45) is 0 Å². The van der Waals surface area contributed by atoms with Crippen LogP contribution in [-0.4, -0.2) is 0 Å². The van der Waals surface area contributed by atoms with E-state index in [2.05, 4.69) is 36.4 Å². The minimum absolute atomic E-state index is 0.954. The molecule has 0 N–H and O–H groups in total. The van der Waals surface area contributed by atoms with Gasteiger partial charge in [-0.25, -0.2) is 0 Å². The predicted octanol–water partition coefficient (Wildman–Crippen LogP) is 2.88. The van der Waals surface area contributed by atoms with Gasteiger partial charge in [0.25, 0.3) is 0 Å². The Morgan fingerprint density at radius 2 is 1.85 bits per heavy atom. The molecule has 2 aromatic rings. The van der Waals surface area contributed by atoms with E-state index in [1.165, 1.54) is 11.1 Å². The Hall–Kier alpha value is -1.56. The third-order valence-electron chi connectivity index (χ3n) is 1.96. The lowest BCUT2D eigenvalue weighted by Crippen LogP contribution is -1.86. The molecule has 0 nitrogen and oxygen atoms in total. The van der Waals surface area contributed by atoms with Crippen molar-refractivity contribution in [3.63, 3.8) is 0 Å². The molecule has 0 fully saturated rings. The molecule has 2 rings (SSSR count). The highest BCUT2D eigenvalue weighted by Crippen LogP contribution is 2.07. The van der Waals surface area contributed by atoms with Crippen LogP contribution in [0.5, 0.6) is 0 Å². The maximum Gasteiger partial charge on any atom is -0.00196 e. The van der Waals surface area contributed by atoms with Gasteiger partial charge in [-0.05, 0) is 35.7 Å². The lowest BCUT2D eigenvalue weighted by molar-refractivity contribution is 1.19. The van der Waals surface area contributed by atoms with E-state index in [1.54, 1.807) is 0 Å². The Kier molecular flexibility index (Phi) is 2.42. The smallest absolute Gasteiger partial charge is 0.00196 e. The average Bonchev–Trinajstić information content (AvgIpc) is 2.21. The van der Waals surface area contributed by atoms with Crippen LogP contribution in [0.25, 0.3) is 0 Å². The molecule has 0 aromatic heterocycles. The Balaban J connectivity index is 2.16. The van der Waals surface area contributed by atoms with Crippen molar-refractivity contribution in [3.05, 3.63) is 71.8 Å². The molecule has 0 spiro atoms. The van der Waals surface area contributed by atoms with Crippen LogP contribution in [0, 0.1) is 12.1 Å². The lowest BCUT2D eigenvalue weighted by atomic mass is 10.1. The summed E-state index contributed by atoms with van der Waals surface area (Å²) >= 11 is 0. The van der Waals surface area contributed by atoms with Crippen molar-refractivity contribution in [2.75, 3.05) is 0 Å². The molecule has 0 atom stereocenters. The molecule has 0 bridgehead atoms. The van der Waals surface area contributed by atoms with E-state index in [-0.39, 0.29) is 0 Å². The highest BCUT2D eigenvalue weighted by molar-refractivity contribution is 5.24. The van der Waals surface area contributed by atoms with Crippen LogP contribution in [-0.2, 0) is 6.42 Å². The molecule has 0 aliphatic heterocycles. The first-order valence-corrected chi connectivity index (χ1v) is 4.36. The first-order valence-electron chi connectivity index (χ1n) is 4.36. The summed E-state index contributed by atoms with van der Waals surface area (Å²) < 4.78 is 0. The quantitative estimate of drug-likeness (QED) is 0.643. The third-order valence-corrected chi connectivity index (χ3v) is 1.96. The van der Waals surface area contributed by atoms with Gasteiger partial charge >= 0.3 is 0 Å². The molecular formula is C13H10. The summed E-state index contributed by atoms with van der Waals surface area (Å²) in [6.45, 7) is 0. The van der Waals surface area contributed by atoms with Crippen molar-refractivity contribution in [1.29, 1.82) is 0 Å². The molecule has 62 valence electrons. The average molecular weight is 166 g/mol. The van der Waals surface area contributed by atoms with Crippen molar-refractivity contribution < 1.29 is 0 Å². The van der Waals surface area contributed by atoms with Crippen LogP contribution < -0.4 is 0 Å². The summed E-state index contributed by atoms with van der Waals surface area (Å²) in [7, 11) is 0. The molecule has 0 unspecified atom stereocenters. The van der Waals surface area contributed by atoms with Crippen LogP contribution in [0.4, 0.5) is 0 Å². The standard InChI is InChI=1S/C13H10/c1-3-7-12(8-4-1)11-13-9-5-2-6-10-13/h1,3-9H,11H2. The summed E-state index contributed by atoms with van der Waals surface area (Å²) in [5.74, 6) is 0. The zero-order chi connectivity index (χ0) is 8.93. The molecule has 2 radical (unpaired) electrons. The predicted molar refractivity (Wildman–Crippen MR) is 53.4 cm³/mol. The van der Waals surface area contributed by atoms with E-state index in [1.807, 2.05) is 24.3 Å². The van der Waals surface area contributed by atoms with Gasteiger partial charge in [-0.2, -0.15) is 0 Å². The zero-order valence-electron chi connectivity index (χ0n) is 7.33.